The zero-order valence-corrected chi connectivity index (χ0v) is 11.9. The van der Waals surface area contributed by atoms with Gasteiger partial charge >= 0.3 is 5.97 Å². The Balaban J connectivity index is 1.83. The van der Waals surface area contributed by atoms with Crippen molar-refractivity contribution in [1.29, 1.82) is 0 Å². The number of halogens is 1. The first-order valence-corrected chi connectivity index (χ1v) is 6.73. The van der Waals surface area contributed by atoms with Crippen LogP contribution in [0.25, 0.3) is 0 Å². The second-order valence-corrected chi connectivity index (χ2v) is 4.65. The number of hydrogen-bond donors (Lipinski definition) is 0. The molecule has 0 amide bonds. The lowest BCUT2D eigenvalue weighted by Crippen LogP contribution is -2.17. The van der Waals surface area contributed by atoms with E-state index in [4.69, 9.17) is 21.1 Å². The molecule has 0 spiro atoms. The predicted molar refractivity (Wildman–Crippen MR) is 78.4 cm³/mol. The second kappa shape index (κ2) is 6.96. The van der Waals surface area contributed by atoms with Gasteiger partial charge in [-0.1, -0.05) is 30.7 Å². The summed E-state index contributed by atoms with van der Waals surface area (Å²) < 4.78 is 10.5. The van der Waals surface area contributed by atoms with E-state index in [9.17, 15) is 4.79 Å². The van der Waals surface area contributed by atoms with Crippen LogP contribution in [0.1, 0.15) is 12.5 Å². The topological polar surface area (TPSA) is 35.5 Å². The molecule has 0 aliphatic rings. The van der Waals surface area contributed by atoms with Crippen molar-refractivity contribution in [3.05, 3.63) is 59.1 Å². The number of rotatable bonds is 5. The predicted octanol–water partition coefficient (Wildman–Crippen LogP) is 3.89. The first-order chi connectivity index (χ1) is 9.67. The number of carbonyl (C=O) groups is 1. The Morgan fingerprint density at radius 3 is 2.20 bits per heavy atom. The zero-order chi connectivity index (χ0) is 14.4. The van der Waals surface area contributed by atoms with E-state index in [1.807, 2.05) is 24.3 Å². The number of carbonyl (C=O) groups excluding carboxylic acids is 1. The maximum atomic E-state index is 11.6. The van der Waals surface area contributed by atoms with Crippen molar-refractivity contribution in [2.45, 2.75) is 13.3 Å². The highest BCUT2D eigenvalue weighted by Gasteiger charge is 2.06. The lowest BCUT2D eigenvalue weighted by molar-refractivity contribution is -0.136. The fourth-order valence-corrected chi connectivity index (χ4v) is 1.75. The monoisotopic (exact) mass is 290 g/mol. The molecule has 0 saturated carbocycles. The van der Waals surface area contributed by atoms with Gasteiger partial charge in [0.15, 0.2) is 6.61 Å². The van der Waals surface area contributed by atoms with Gasteiger partial charge < -0.3 is 9.47 Å². The van der Waals surface area contributed by atoms with E-state index in [2.05, 4.69) is 6.92 Å². The molecule has 0 saturated heterocycles. The first kappa shape index (κ1) is 14.4. The smallest absolute Gasteiger partial charge is 0.349 e. The molecule has 0 radical (unpaired) electrons. The molecule has 4 heteroatoms. The third kappa shape index (κ3) is 4.28. The maximum absolute atomic E-state index is 11.6. The summed E-state index contributed by atoms with van der Waals surface area (Å²) >= 11 is 5.75. The number of ether oxygens (including phenoxy) is 2. The minimum absolute atomic E-state index is 0.131. The molecule has 104 valence electrons. The highest BCUT2D eigenvalue weighted by Crippen LogP contribution is 2.16. The molecule has 3 nitrogen and oxygen atoms in total. The molecule has 0 heterocycles. The molecule has 0 N–H and O–H groups in total. The Labute approximate surface area is 123 Å². The van der Waals surface area contributed by atoms with E-state index in [0.29, 0.717) is 16.5 Å². The molecule has 2 rings (SSSR count). The highest BCUT2D eigenvalue weighted by atomic mass is 35.5. The van der Waals surface area contributed by atoms with Crippen LogP contribution in [0.15, 0.2) is 48.5 Å². The van der Waals surface area contributed by atoms with Crippen LogP contribution in [0.4, 0.5) is 0 Å². The van der Waals surface area contributed by atoms with Gasteiger partial charge in [0.1, 0.15) is 11.5 Å². The van der Waals surface area contributed by atoms with E-state index in [1.54, 1.807) is 24.3 Å². The van der Waals surface area contributed by atoms with Crippen molar-refractivity contribution in [3.8, 4) is 11.5 Å². The fraction of sp³-hybridized carbons (Fsp3) is 0.188. The van der Waals surface area contributed by atoms with E-state index >= 15 is 0 Å². The van der Waals surface area contributed by atoms with Crippen LogP contribution in [0, 0.1) is 0 Å². The summed E-state index contributed by atoms with van der Waals surface area (Å²) in [4.78, 5) is 11.6. The molecule has 2 aromatic carbocycles. The minimum atomic E-state index is -0.452. The molecule has 0 aromatic heterocycles. The van der Waals surface area contributed by atoms with Crippen LogP contribution in [0.3, 0.4) is 0 Å². The Bertz CT molecular complexity index is 561. The van der Waals surface area contributed by atoms with Gasteiger partial charge in [-0.25, -0.2) is 4.79 Å². The van der Waals surface area contributed by atoms with Crippen LogP contribution in [0.5, 0.6) is 11.5 Å². The molecule has 2 aromatic rings. The summed E-state index contributed by atoms with van der Waals surface area (Å²) in [6.07, 6.45) is 0.971. The van der Waals surface area contributed by atoms with Crippen LogP contribution < -0.4 is 9.47 Å². The lowest BCUT2D eigenvalue weighted by atomic mass is 10.2. The fourth-order valence-electron chi connectivity index (χ4n) is 1.63. The molecule has 0 aliphatic heterocycles. The summed E-state index contributed by atoms with van der Waals surface area (Å²) in [5, 5.41) is 0.595. The first-order valence-electron chi connectivity index (χ1n) is 6.35. The molecular weight excluding hydrogens is 276 g/mol. The Hall–Kier alpha value is -2.00. The van der Waals surface area contributed by atoms with E-state index in [0.717, 1.165) is 6.42 Å². The average Bonchev–Trinajstić information content (AvgIpc) is 2.48. The van der Waals surface area contributed by atoms with Gasteiger partial charge in [0.05, 0.1) is 0 Å². The molecule has 0 bridgehead atoms. The average molecular weight is 291 g/mol. The molecule has 20 heavy (non-hydrogen) atoms. The zero-order valence-electron chi connectivity index (χ0n) is 11.1. The molecule has 0 aliphatic carbocycles. The van der Waals surface area contributed by atoms with Gasteiger partial charge in [0.2, 0.25) is 0 Å². The van der Waals surface area contributed by atoms with Gasteiger partial charge in [0, 0.05) is 5.02 Å². The summed E-state index contributed by atoms with van der Waals surface area (Å²) in [6, 6.07) is 14.2. The van der Waals surface area contributed by atoms with Gasteiger partial charge in [-0.3, -0.25) is 0 Å². The van der Waals surface area contributed by atoms with E-state index in [1.165, 1.54) is 5.56 Å². The van der Waals surface area contributed by atoms with Crippen molar-refractivity contribution in [3.63, 3.8) is 0 Å². The van der Waals surface area contributed by atoms with Gasteiger partial charge in [-0.2, -0.15) is 0 Å². The number of aryl methyl sites for hydroxylation is 1. The maximum Gasteiger partial charge on any atom is 0.349 e. The van der Waals surface area contributed by atoms with Crippen LogP contribution in [0.2, 0.25) is 5.02 Å². The standard InChI is InChI=1S/C16H15ClO3/c1-2-12-3-7-14(8-4-12)19-11-16(18)20-15-9-5-13(17)6-10-15/h3-10H,2,11H2,1H3. The van der Waals surface area contributed by atoms with E-state index < -0.39 is 5.97 Å². The quantitative estimate of drug-likeness (QED) is 0.619. The lowest BCUT2D eigenvalue weighted by Gasteiger charge is -2.07. The van der Waals surface area contributed by atoms with Crippen molar-refractivity contribution in [2.24, 2.45) is 0 Å². The van der Waals surface area contributed by atoms with Crippen LogP contribution in [-0.4, -0.2) is 12.6 Å². The third-order valence-corrected chi connectivity index (χ3v) is 2.99. The Kier molecular flexibility index (Phi) is 5.02. The summed E-state index contributed by atoms with van der Waals surface area (Å²) in [5.41, 5.74) is 1.22. The van der Waals surface area contributed by atoms with Crippen molar-refractivity contribution in [2.75, 3.05) is 6.61 Å². The molecular formula is C16H15ClO3. The van der Waals surface area contributed by atoms with Gasteiger partial charge in [-0.05, 0) is 48.4 Å². The molecule has 0 atom stereocenters. The SMILES string of the molecule is CCc1ccc(OCC(=O)Oc2ccc(Cl)cc2)cc1. The van der Waals surface area contributed by atoms with Crippen LogP contribution >= 0.6 is 11.6 Å². The van der Waals surface area contributed by atoms with Crippen molar-refractivity contribution >= 4 is 17.6 Å². The number of esters is 1. The normalized spacial score (nSPS) is 10.1. The van der Waals surface area contributed by atoms with Crippen molar-refractivity contribution < 1.29 is 14.3 Å². The largest absolute Gasteiger partial charge is 0.482 e. The Morgan fingerprint density at radius 2 is 1.60 bits per heavy atom. The number of hydrogen-bond acceptors (Lipinski definition) is 3. The van der Waals surface area contributed by atoms with Crippen LogP contribution in [-0.2, 0) is 11.2 Å². The number of benzene rings is 2. The summed E-state index contributed by atoms with van der Waals surface area (Å²) in [6.45, 7) is 1.95. The Morgan fingerprint density at radius 1 is 1.00 bits per heavy atom. The summed E-state index contributed by atoms with van der Waals surface area (Å²) in [5.74, 6) is 0.645. The highest BCUT2D eigenvalue weighted by molar-refractivity contribution is 6.30. The van der Waals surface area contributed by atoms with Crippen molar-refractivity contribution in [1.82, 2.24) is 0 Å². The second-order valence-electron chi connectivity index (χ2n) is 4.21. The third-order valence-electron chi connectivity index (χ3n) is 2.73. The molecule has 0 unspecified atom stereocenters. The minimum Gasteiger partial charge on any atom is -0.482 e. The van der Waals surface area contributed by atoms with Gasteiger partial charge in [0.25, 0.3) is 0 Å². The van der Waals surface area contributed by atoms with E-state index in [-0.39, 0.29) is 6.61 Å². The summed E-state index contributed by atoms with van der Waals surface area (Å²) in [7, 11) is 0. The van der Waals surface area contributed by atoms with Gasteiger partial charge in [-0.15, -0.1) is 0 Å². The molecule has 0 fully saturated rings.